The second-order valence-corrected chi connectivity index (χ2v) is 6.35. The van der Waals surface area contributed by atoms with Crippen molar-refractivity contribution in [2.75, 3.05) is 6.54 Å². The van der Waals surface area contributed by atoms with Gasteiger partial charge in [0.25, 0.3) is 0 Å². The van der Waals surface area contributed by atoms with Crippen LogP contribution in [0.5, 0.6) is 0 Å². The average Bonchev–Trinajstić information content (AvgIpc) is 2.40. The first-order chi connectivity index (χ1) is 9.52. The molecule has 20 heavy (non-hydrogen) atoms. The summed E-state index contributed by atoms with van der Waals surface area (Å²) in [5, 5.41) is 3.35. The van der Waals surface area contributed by atoms with Gasteiger partial charge < -0.3 is 5.32 Å². The van der Waals surface area contributed by atoms with Crippen molar-refractivity contribution in [3.05, 3.63) is 67.2 Å². The molecular weight excluding hydrogens is 439 g/mol. The highest BCUT2D eigenvalue weighted by atomic mass is 127. The van der Waals surface area contributed by atoms with Crippen LogP contribution in [0.2, 0.25) is 0 Å². The Kier molecular flexibility index (Phi) is 5.51. The Bertz CT molecular complexity index is 619. The van der Waals surface area contributed by atoms with Crippen LogP contribution in [0.25, 0.3) is 0 Å². The SMILES string of the molecule is CCNC(c1ccc(F)c(Br)c1)c1ccc(F)cc1I. The summed E-state index contributed by atoms with van der Waals surface area (Å²) in [6.45, 7) is 2.76. The van der Waals surface area contributed by atoms with E-state index in [-0.39, 0.29) is 17.7 Å². The highest BCUT2D eigenvalue weighted by Crippen LogP contribution is 2.29. The molecule has 0 fully saturated rings. The molecule has 1 N–H and O–H groups in total. The van der Waals surface area contributed by atoms with E-state index in [1.807, 2.05) is 6.92 Å². The van der Waals surface area contributed by atoms with Crippen molar-refractivity contribution < 1.29 is 8.78 Å². The van der Waals surface area contributed by atoms with Crippen LogP contribution in [0.1, 0.15) is 24.1 Å². The van der Waals surface area contributed by atoms with Gasteiger partial charge in [0.15, 0.2) is 0 Å². The number of benzene rings is 2. The zero-order valence-electron chi connectivity index (χ0n) is 10.8. The van der Waals surface area contributed by atoms with Gasteiger partial charge in [-0.05, 0) is 80.5 Å². The van der Waals surface area contributed by atoms with Gasteiger partial charge in [0, 0.05) is 3.57 Å². The molecule has 0 aliphatic rings. The van der Waals surface area contributed by atoms with E-state index in [0.717, 1.165) is 21.2 Å². The Balaban J connectivity index is 2.47. The monoisotopic (exact) mass is 451 g/mol. The van der Waals surface area contributed by atoms with Crippen LogP contribution < -0.4 is 5.32 Å². The fourth-order valence-electron chi connectivity index (χ4n) is 2.04. The fraction of sp³-hybridized carbons (Fsp3) is 0.200. The Hall–Kier alpha value is -0.530. The van der Waals surface area contributed by atoms with E-state index in [1.165, 1.54) is 18.2 Å². The normalized spacial score (nSPS) is 12.4. The van der Waals surface area contributed by atoms with Gasteiger partial charge in [-0.1, -0.05) is 19.1 Å². The first kappa shape index (κ1) is 15.9. The molecule has 2 aromatic rings. The van der Waals surface area contributed by atoms with Gasteiger partial charge in [0.1, 0.15) is 11.6 Å². The number of hydrogen-bond donors (Lipinski definition) is 1. The topological polar surface area (TPSA) is 12.0 Å². The molecule has 106 valence electrons. The third-order valence-electron chi connectivity index (χ3n) is 2.96. The Morgan fingerprint density at radius 2 is 1.95 bits per heavy atom. The van der Waals surface area contributed by atoms with Crippen LogP contribution in [0.4, 0.5) is 8.78 Å². The molecule has 0 spiro atoms. The summed E-state index contributed by atoms with van der Waals surface area (Å²) in [5.41, 5.74) is 1.91. The van der Waals surface area contributed by atoms with Crippen molar-refractivity contribution in [3.8, 4) is 0 Å². The van der Waals surface area contributed by atoms with Gasteiger partial charge in [-0.15, -0.1) is 0 Å². The highest BCUT2D eigenvalue weighted by Gasteiger charge is 2.17. The molecule has 2 rings (SSSR count). The van der Waals surface area contributed by atoms with E-state index in [2.05, 4.69) is 43.8 Å². The van der Waals surface area contributed by atoms with Gasteiger partial charge in [0.05, 0.1) is 10.5 Å². The molecule has 1 nitrogen and oxygen atoms in total. The maximum Gasteiger partial charge on any atom is 0.137 e. The minimum absolute atomic E-state index is 0.0931. The molecule has 2 aromatic carbocycles. The standard InChI is InChI=1S/C15H13BrF2IN/c1-2-20-15(9-3-6-13(18)12(16)7-9)11-5-4-10(17)8-14(11)19/h3-8,15,20H,2H2,1H3. The van der Waals surface area contributed by atoms with Crippen molar-refractivity contribution in [3.63, 3.8) is 0 Å². The predicted octanol–water partition coefficient (Wildman–Crippen LogP) is 5.03. The third kappa shape index (κ3) is 3.56. The Labute approximate surface area is 139 Å². The maximum atomic E-state index is 13.4. The lowest BCUT2D eigenvalue weighted by Crippen LogP contribution is -2.23. The minimum Gasteiger partial charge on any atom is -0.306 e. The third-order valence-corrected chi connectivity index (χ3v) is 4.50. The predicted molar refractivity (Wildman–Crippen MR) is 88.7 cm³/mol. The first-order valence-electron chi connectivity index (χ1n) is 6.16. The molecule has 1 atom stereocenters. The quantitative estimate of drug-likeness (QED) is 0.643. The van der Waals surface area contributed by atoms with E-state index >= 15 is 0 Å². The molecule has 0 aliphatic carbocycles. The van der Waals surface area contributed by atoms with E-state index in [9.17, 15) is 8.78 Å². The molecule has 0 radical (unpaired) electrons. The van der Waals surface area contributed by atoms with E-state index in [4.69, 9.17) is 0 Å². The van der Waals surface area contributed by atoms with E-state index < -0.39 is 0 Å². The largest absolute Gasteiger partial charge is 0.306 e. The molecule has 0 aromatic heterocycles. The van der Waals surface area contributed by atoms with Gasteiger partial charge in [-0.3, -0.25) is 0 Å². The molecule has 0 amide bonds. The summed E-state index contributed by atoms with van der Waals surface area (Å²) in [6, 6.07) is 9.54. The molecule has 0 bridgehead atoms. The van der Waals surface area contributed by atoms with Gasteiger partial charge in [-0.2, -0.15) is 0 Å². The smallest absolute Gasteiger partial charge is 0.137 e. The lowest BCUT2D eigenvalue weighted by Gasteiger charge is -2.20. The van der Waals surface area contributed by atoms with Gasteiger partial charge in [0.2, 0.25) is 0 Å². The summed E-state index contributed by atoms with van der Waals surface area (Å²) in [7, 11) is 0. The van der Waals surface area contributed by atoms with Crippen LogP contribution >= 0.6 is 38.5 Å². The number of hydrogen-bond acceptors (Lipinski definition) is 1. The summed E-state index contributed by atoms with van der Waals surface area (Å²) in [4.78, 5) is 0. The van der Waals surface area contributed by atoms with Crippen LogP contribution in [-0.2, 0) is 0 Å². The molecule has 0 saturated heterocycles. The lowest BCUT2D eigenvalue weighted by molar-refractivity contribution is 0.602. The summed E-state index contributed by atoms with van der Waals surface area (Å²) in [6.07, 6.45) is 0. The second kappa shape index (κ2) is 6.95. The molecule has 0 aliphatic heterocycles. The summed E-state index contributed by atoms with van der Waals surface area (Å²) < 4.78 is 27.9. The summed E-state index contributed by atoms with van der Waals surface area (Å²) >= 11 is 5.32. The minimum atomic E-state index is -0.294. The Morgan fingerprint density at radius 1 is 1.20 bits per heavy atom. The van der Waals surface area contributed by atoms with Crippen LogP contribution in [0.15, 0.2) is 40.9 Å². The molecular formula is C15H13BrF2IN. The van der Waals surface area contributed by atoms with Crippen LogP contribution in [-0.4, -0.2) is 6.54 Å². The lowest BCUT2D eigenvalue weighted by atomic mass is 9.98. The van der Waals surface area contributed by atoms with Crippen molar-refractivity contribution in [1.29, 1.82) is 0 Å². The van der Waals surface area contributed by atoms with Crippen molar-refractivity contribution in [2.45, 2.75) is 13.0 Å². The zero-order valence-corrected chi connectivity index (χ0v) is 14.5. The molecule has 1 unspecified atom stereocenters. The van der Waals surface area contributed by atoms with E-state index in [0.29, 0.717) is 4.47 Å². The zero-order chi connectivity index (χ0) is 14.7. The number of nitrogens with one attached hydrogen (secondary N) is 1. The molecule has 5 heteroatoms. The van der Waals surface area contributed by atoms with Crippen LogP contribution in [0, 0.1) is 15.2 Å². The average molecular weight is 452 g/mol. The van der Waals surface area contributed by atoms with Gasteiger partial charge in [-0.25, -0.2) is 8.78 Å². The highest BCUT2D eigenvalue weighted by molar-refractivity contribution is 14.1. The van der Waals surface area contributed by atoms with Gasteiger partial charge >= 0.3 is 0 Å². The van der Waals surface area contributed by atoms with Crippen molar-refractivity contribution in [1.82, 2.24) is 5.32 Å². The molecule has 0 saturated carbocycles. The number of rotatable bonds is 4. The molecule has 0 heterocycles. The Morgan fingerprint density at radius 3 is 2.55 bits per heavy atom. The van der Waals surface area contributed by atoms with Crippen LogP contribution in [0.3, 0.4) is 0 Å². The fourth-order valence-corrected chi connectivity index (χ4v) is 3.22. The van der Waals surface area contributed by atoms with Crippen molar-refractivity contribution in [2.24, 2.45) is 0 Å². The first-order valence-corrected chi connectivity index (χ1v) is 8.03. The summed E-state index contributed by atoms with van der Waals surface area (Å²) in [5.74, 6) is -0.550. The van der Waals surface area contributed by atoms with Crippen molar-refractivity contribution >= 4 is 38.5 Å². The van der Waals surface area contributed by atoms with E-state index in [1.54, 1.807) is 18.2 Å². The number of halogens is 4. The second-order valence-electron chi connectivity index (χ2n) is 4.33. The maximum absolute atomic E-state index is 13.4.